The number of anilines is 1. The number of carbonyl (C=O) groups excluding carboxylic acids is 1. The van der Waals surface area contributed by atoms with Gasteiger partial charge in [0.2, 0.25) is 0 Å². The van der Waals surface area contributed by atoms with Gasteiger partial charge in [-0.3, -0.25) is 4.79 Å². The first kappa shape index (κ1) is 19.3. The van der Waals surface area contributed by atoms with Gasteiger partial charge in [-0.2, -0.15) is 23.5 Å². The van der Waals surface area contributed by atoms with E-state index in [-0.39, 0.29) is 17.1 Å². The SMILES string of the molecule is COC(=O)C(C)c1ccc(-c2nn(C(C)C(F)(F)F)c(N)c2C#N)cc1. The highest BCUT2D eigenvalue weighted by Crippen LogP contribution is 2.35. The molecule has 0 aliphatic carbocycles. The maximum Gasteiger partial charge on any atom is 0.410 e. The number of aromatic nitrogens is 2. The molecule has 2 rings (SSSR count). The predicted octanol–water partition coefficient (Wildman–Crippen LogP) is 3.40. The molecule has 0 aliphatic rings. The van der Waals surface area contributed by atoms with Crippen molar-refractivity contribution in [3.05, 3.63) is 35.4 Å². The second-order valence-corrected chi connectivity index (χ2v) is 5.75. The molecular weight excluding hydrogens is 349 g/mol. The van der Waals surface area contributed by atoms with E-state index >= 15 is 0 Å². The summed E-state index contributed by atoms with van der Waals surface area (Å²) in [4.78, 5) is 11.6. The third-order valence-electron chi connectivity index (χ3n) is 4.14. The van der Waals surface area contributed by atoms with Crippen molar-refractivity contribution in [2.45, 2.75) is 32.0 Å². The summed E-state index contributed by atoms with van der Waals surface area (Å²) in [6.45, 7) is 2.58. The number of nitrogen functional groups attached to an aromatic ring is 1. The fourth-order valence-corrected chi connectivity index (χ4v) is 2.44. The monoisotopic (exact) mass is 366 g/mol. The van der Waals surface area contributed by atoms with Gasteiger partial charge >= 0.3 is 12.1 Å². The smallest absolute Gasteiger partial charge is 0.410 e. The van der Waals surface area contributed by atoms with E-state index in [1.165, 1.54) is 7.11 Å². The quantitative estimate of drug-likeness (QED) is 0.837. The van der Waals surface area contributed by atoms with Crippen LogP contribution in [0.4, 0.5) is 19.0 Å². The van der Waals surface area contributed by atoms with Gasteiger partial charge in [0.05, 0.1) is 13.0 Å². The number of halogens is 3. The Balaban J connectivity index is 2.46. The first-order chi connectivity index (χ1) is 12.1. The third-order valence-corrected chi connectivity index (χ3v) is 4.14. The average molecular weight is 366 g/mol. The number of esters is 1. The molecule has 0 bridgehead atoms. The summed E-state index contributed by atoms with van der Waals surface area (Å²) < 4.78 is 44.2. The largest absolute Gasteiger partial charge is 0.469 e. The zero-order valence-corrected chi connectivity index (χ0v) is 14.3. The van der Waals surface area contributed by atoms with Crippen LogP contribution in [0.25, 0.3) is 11.3 Å². The minimum atomic E-state index is -4.55. The van der Waals surface area contributed by atoms with Gasteiger partial charge in [0.25, 0.3) is 0 Å². The average Bonchev–Trinajstić information content (AvgIpc) is 2.95. The molecule has 0 spiro atoms. The van der Waals surface area contributed by atoms with Crippen LogP contribution in [0.1, 0.15) is 36.9 Å². The van der Waals surface area contributed by atoms with E-state index in [0.29, 0.717) is 15.8 Å². The fourth-order valence-electron chi connectivity index (χ4n) is 2.44. The number of ether oxygens (including phenoxy) is 1. The molecule has 0 radical (unpaired) electrons. The van der Waals surface area contributed by atoms with Crippen LogP contribution in [-0.4, -0.2) is 29.0 Å². The van der Waals surface area contributed by atoms with Crippen LogP contribution >= 0.6 is 0 Å². The number of nitrogens with two attached hydrogens (primary N) is 1. The molecule has 0 aliphatic heterocycles. The Morgan fingerprint density at radius 1 is 1.31 bits per heavy atom. The van der Waals surface area contributed by atoms with Crippen molar-refractivity contribution < 1.29 is 22.7 Å². The number of carbonyl (C=O) groups is 1. The molecule has 9 heteroatoms. The Morgan fingerprint density at radius 3 is 2.35 bits per heavy atom. The Morgan fingerprint density at radius 2 is 1.88 bits per heavy atom. The number of hydrogen-bond acceptors (Lipinski definition) is 5. The molecular formula is C17H17F3N4O2. The van der Waals surface area contributed by atoms with Crippen LogP contribution in [0.15, 0.2) is 24.3 Å². The summed E-state index contributed by atoms with van der Waals surface area (Å²) >= 11 is 0. The van der Waals surface area contributed by atoms with Gasteiger partial charge in [-0.25, -0.2) is 4.68 Å². The van der Waals surface area contributed by atoms with E-state index in [2.05, 4.69) is 9.84 Å². The van der Waals surface area contributed by atoms with Gasteiger partial charge in [-0.05, 0) is 19.4 Å². The molecule has 0 saturated carbocycles. The van der Waals surface area contributed by atoms with Crippen molar-refractivity contribution in [2.75, 3.05) is 12.8 Å². The number of hydrogen-bond donors (Lipinski definition) is 1. The molecule has 1 aromatic heterocycles. The lowest BCUT2D eigenvalue weighted by molar-refractivity contribution is -0.164. The molecule has 6 nitrogen and oxygen atoms in total. The summed E-state index contributed by atoms with van der Waals surface area (Å²) in [5, 5.41) is 13.2. The van der Waals surface area contributed by atoms with Crippen molar-refractivity contribution in [3.63, 3.8) is 0 Å². The molecule has 2 atom stereocenters. The van der Waals surface area contributed by atoms with Gasteiger partial charge in [-0.1, -0.05) is 24.3 Å². The van der Waals surface area contributed by atoms with Gasteiger partial charge in [0.15, 0.2) is 0 Å². The molecule has 0 amide bonds. The third kappa shape index (κ3) is 3.49. The number of methoxy groups -OCH3 is 1. The maximum absolute atomic E-state index is 13.0. The van der Waals surface area contributed by atoms with Gasteiger partial charge in [0.1, 0.15) is 29.2 Å². The van der Waals surface area contributed by atoms with Gasteiger partial charge < -0.3 is 10.5 Å². The highest BCUT2D eigenvalue weighted by atomic mass is 19.4. The van der Waals surface area contributed by atoms with E-state index in [0.717, 1.165) is 6.92 Å². The lowest BCUT2D eigenvalue weighted by atomic mass is 9.98. The molecule has 2 unspecified atom stereocenters. The molecule has 138 valence electrons. The standard InChI is InChI=1S/C17H17F3N4O2/c1-9(16(25)26-3)11-4-6-12(7-5-11)14-13(8-21)15(22)24(23-14)10(2)17(18,19)20/h4-7,9-10H,22H2,1-3H3. The fraction of sp³-hybridized carbons (Fsp3) is 0.353. The summed E-state index contributed by atoms with van der Waals surface area (Å²) in [5.41, 5.74) is 6.71. The molecule has 26 heavy (non-hydrogen) atoms. The normalized spacial score (nSPS) is 13.7. The number of nitrogens with zero attached hydrogens (tertiary/aromatic N) is 3. The summed E-state index contributed by atoms with van der Waals surface area (Å²) in [7, 11) is 1.28. The lowest BCUT2D eigenvalue weighted by Crippen LogP contribution is -2.25. The van der Waals surface area contributed by atoms with E-state index in [9.17, 15) is 23.2 Å². The molecule has 0 saturated heterocycles. The summed E-state index contributed by atoms with van der Waals surface area (Å²) in [6, 6.07) is 6.22. The number of alkyl halides is 3. The second-order valence-electron chi connectivity index (χ2n) is 5.75. The van der Waals surface area contributed by atoms with Crippen LogP contribution in [0.2, 0.25) is 0 Å². The first-order valence-electron chi connectivity index (χ1n) is 7.64. The van der Waals surface area contributed by atoms with Crippen LogP contribution < -0.4 is 5.73 Å². The molecule has 1 aromatic carbocycles. The van der Waals surface area contributed by atoms with E-state index < -0.39 is 24.1 Å². The second kappa shape index (κ2) is 7.07. The number of benzene rings is 1. The molecule has 0 fully saturated rings. The first-order valence-corrected chi connectivity index (χ1v) is 7.64. The zero-order valence-electron chi connectivity index (χ0n) is 14.3. The highest BCUT2D eigenvalue weighted by molar-refractivity contribution is 5.78. The number of nitriles is 1. The minimum Gasteiger partial charge on any atom is -0.469 e. The zero-order chi connectivity index (χ0) is 19.6. The van der Waals surface area contributed by atoms with Crippen molar-refractivity contribution in [1.82, 2.24) is 9.78 Å². The summed E-state index contributed by atoms with van der Waals surface area (Å²) in [5.74, 6) is -1.26. The Kier molecular flexibility index (Phi) is 5.25. The Labute approximate surface area is 148 Å². The van der Waals surface area contributed by atoms with E-state index in [4.69, 9.17) is 5.73 Å². The molecule has 2 aromatic rings. The highest BCUT2D eigenvalue weighted by Gasteiger charge is 2.40. The van der Waals surface area contributed by atoms with Crippen molar-refractivity contribution >= 4 is 11.8 Å². The lowest BCUT2D eigenvalue weighted by Gasteiger charge is -2.17. The maximum atomic E-state index is 13.0. The topological polar surface area (TPSA) is 93.9 Å². The Hall–Kier alpha value is -3.02. The van der Waals surface area contributed by atoms with Crippen LogP contribution in [-0.2, 0) is 9.53 Å². The predicted molar refractivity (Wildman–Crippen MR) is 88.0 cm³/mol. The minimum absolute atomic E-state index is 0.0540. The summed E-state index contributed by atoms with van der Waals surface area (Å²) in [6.07, 6.45) is -4.55. The van der Waals surface area contributed by atoms with Crippen molar-refractivity contribution in [1.29, 1.82) is 5.26 Å². The van der Waals surface area contributed by atoms with Crippen molar-refractivity contribution in [2.24, 2.45) is 0 Å². The van der Waals surface area contributed by atoms with Gasteiger partial charge in [-0.15, -0.1) is 0 Å². The van der Waals surface area contributed by atoms with Crippen molar-refractivity contribution in [3.8, 4) is 17.3 Å². The molecule has 1 heterocycles. The van der Waals surface area contributed by atoms with Crippen LogP contribution in [0.5, 0.6) is 0 Å². The molecule has 2 N–H and O–H groups in total. The number of rotatable bonds is 4. The Bertz CT molecular complexity index is 851. The van der Waals surface area contributed by atoms with E-state index in [1.54, 1.807) is 37.3 Å². The van der Waals surface area contributed by atoms with Crippen LogP contribution in [0.3, 0.4) is 0 Å². The van der Waals surface area contributed by atoms with Crippen LogP contribution in [0, 0.1) is 11.3 Å². The van der Waals surface area contributed by atoms with E-state index in [1.807, 2.05) is 0 Å². The van der Waals surface area contributed by atoms with Gasteiger partial charge in [0, 0.05) is 5.56 Å².